The van der Waals surface area contributed by atoms with Crippen LogP contribution in [0.1, 0.15) is 42.2 Å². The van der Waals surface area contributed by atoms with Gasteiger partial charge in [0.2, 0.25) is 11.8 Å². The number of anilines is 1. The van der Waals surface area contributed by atoms with Gasteiger partial charge in [-0.2, -0.15) is 5.10 Å². The molecule has 3 amide bonds. The first kappa shape index (κ1) is 30.1. The number of hydrogen-bond acceptors (Lipinski definition) is 7. The van der Waals surface area contributed by atoms with Gasteiger partial charge in [0.05, 0.1) is 23.2 Å². The molecule has 218 valence electrons. The van der Waals surface area contributed by atoms with Crippen molar-refractivity contribution in [2.75, 3.05) is 18.5 Å². The molecule has 11 nitrogen and oxygen atoms in total. The van der Waals surface area contributed by atoms with Crippen LogP contribution < -0.4 is 16.4 Å². The number of halogens is 2. The van der Waals surface area contributed by atoms with E-state index in [9.17, 15) is 28.7 Å². The van der Waals surface area contributed by atoms with Crippen LogP contribution in [0.15, 0.2) is 36.4 Å². The molecule has 0 bridgehead atoms. The number of rotatable bonds is 14. The molecule has 2 atom stereocenters. The van der Waals surface area contributed by atoms with E-state index >= 15 is 0 Å². The predicted molar refractivity (Wildman–Crippen MR) is 151 cm³/mol. The average Bonchev–Trinajstić information content (AvgIpc) is 3.68. The summed E-state index contributed by atoms with van der Waals surface area (Å²) >= 11 is 5.83. The molecule has 4 rings (SSSR count). The number of nitrogens with two attached hydrogens (primary N) is 1. The van der Waals surface area contributed by atoms with Crippen molar-refractivity contribution >= 4 is 52.2 Å². The lowest BCUT2D eigenvalue weighted by molar-refractivity contribution is -0.140. The predicted octanol–water partition coefficient (Wildman–Crippen LogP) is 2.23. The summed E-state index contributed by atoms with van der Waals surface area (Å²) in [6.45, 7) is 0.821. The molecule has 0 radical (unpaired) electrons. The Kier molecular flexibility index (Phi) is 9.69. The summed E-state index contributed by atoms with van der Waals surface area (Å²) in [5, 5.41) is 20.2. The summed E-state index contributed by atoms with van der Waals surface area (Å²) in [6, 6.07) is 7.66. The van der Waals surface area contributed by atoms with E-state index in [1.165, 1.54) is 15.6 Å². The van der Waals surface area contributed by atoms with Gasteiger partial charge in [0.25, 0.3) is 5.91 Å². The maximum absolute atomic E-state index is 14.2. The third-order valence-electron chi connectivity index (χ3n) is 6.97. The minimum Gasteiger partial charge on any atom is -0.394 e. The van der Waals surface area contributed by atoms with Gasteiger partial charge < -0.3 is 31.2 Å². The summed E-state index contributed by atoms with van der Waals surface area (Å²) in [5.74, 6) is -1.67. The number of benzene rings is 2. The van der Waals surface area contributed by atoms with Gasteiger partial charge in [0.15, 0.2) is 5.69 Å². The van der Waals surface area contributed by atoms with Gasteiger partial charge in [-0.1, -0.05) is 23.7 Å². The molecular weight excluding hydrogens is 555 g/mol. The maximum Gasteiger partial charge on any atom is 0.269 e. The van der Waals surface area contributed by atoms with Crippen LogP contribution in [-0.4, -0.2) is 69.0 Å². The second-order valence-electron chi connectivity index (χ2n) is 10.2. The number of hydrogen-bond donors (Lipinski definition) is 4. The first-order valence-corrected chi connectivity index (χ1v) is 13.6. The Morgan fingerprint density at radius 1 is 1.29 bits per heavy atom. The van der Waals surface area contributed by atoms with E-state index < -0.39 is 36.3 Å². The third-order valence-corrected chi connectivity index (χ3v) is 7.26. The van der Waals surface area contributed by atoms with Crippen molar-refractivity contribution in [2.45, 2.75) is 51.4 Å². The first-order valence-electron chi connectivity index (χ1n) is 13.2. The van der Waals surface area contributed by atoms with E-state index in [0.29, 0.717) is 40.8 Å². The molecule has 1 unspecified atom stereocenters. The molecule has 1 aliphatic carbocycles. The highest BCUT2D eigenvalue weighted by molar-refractivity contribution is 6.30. The minimum atomic E-state index is -1.00. The number of carbonyl (C=O) groups excluding carboxylic acids is 4. The second-order valence-corrected chi connectivity index (χ2v) is 10.6. The lowest BCUT2D eigenvalue weighted by atomic mass is 10.1. The van der Waals surface area contributed by atoms with E-state index in [-0.39, 0.29) is 36.3 Å². The zero-order valence-corrected chi connectivity index (χ0v) is 23.2. The molecule has 3 aromatic rings. The van der Waals surface area contributed by atoms with Crippen molar-refractivity contribution < 1.29 is 28.7 Å². The molecule has 13 heteroatoms. The molecule has 0 spiro atoms. The SMILES string of the molecule is C[C@H](CO)N(C(=O)Cn1nc(C(N)=O)c2cc(NC(=O)CC3CC3)ccc21)C(C=O)CNCc1cccc(Cl)c1F. The summed E-state index contributed by atoms with van der Waals surface area (Å²) in [5.41, 5.74) is 6.65. The third kappa shape index (κ3) is 7.26. The van der Waals surface area contributed by atoms with Gasteiger partial charge in [0.1, 0.15) is 24.7 Å². The zero-order valence-electron chi connectivity index (χ0n) is 22.5. The van der Waals surface area contributed by atoms with Crippen molar-refractivity contribution in [3.05, 3.63) is 58.5 Å². The number of fused-ring (bicyclic) bond motifs is 1. The van der Waals surface area contributed by atoms with E-state index in [4.69, 9.17) is 17.3 Å². The van der Waals surface area contributed by atoms with Crippen molar-refractivity contribution in [3.8, 4) is 0 Å². The Balaban J connectivity index is 1.52. The van der Waals surface area contributed by atoms with Gasteiger partial charge >= 0.3 is 0 Å². The molecule has 1 aromatic heterocycles. The lowest BCUT2D eigenvalue weighted by Gasteiger charge is -2.33. The average molecular weight is 587 g/mol. The fourth-order valence-electron chi connectivity index (χ4n) is 4.66. The van der Waals surface area contributed by atoms with Gasteiger partial charge in [-0.3, -0.25) is 19.1 Å². The summed E-state index contributed by atoms with van der Waals surface area (Å²) in [7, 11) is 0. The fraction of sp³-hybridized carbons (Fsp3) is 0.393. The Hall–Kier alpha value is -3.87. The van der Waals surface area contributed by atoms with Crippen molar-refractivity contribution in [2.24, 2.45) is 11.7 Å². The number of nitrogens with zero attached hydrogens (tertiary/aromatic N) is 3. The van der Waals surface area contributed by atoms with Crippen LogP contribution in [0.2, 0.25) is 5.02 Å². The quantitative estimate of drug-likeness (QED) is 0.211. The van der Waals surface area contributed by atoms with E-state index in [1.54, 1.807) is 37.3 Å². The van der Waals surface area contributed by atoms with Crippen molar-refractivity contribution in [1.29, 1.82) is 0 Å². The number of aromatic nitrogens is 2. The number of amides is 3. The number of aliphatic hydroxyl groups is 1. The second kappa shape index (κ2) is 13.2. The smallest absolute Gasteiger partial charge is 0.269 e. The number of nitrogens with one attached hydrogen (secondary N) is 2. The standard InChI is InChI=1S/C28H32ClFN6O5/c1-16(14-37)36(20(15-38)12-32-11-18-3-2-4-22(29)26(18)30)25(40)13-35-23-8-7-19(33-24(39)9-17-5-6-17)10-21(23)27(34-35)28(31)41/h2-4,7-8,10,15-17,20,32,37H,5-6,9,11-14H2,1H3,(H2,31,41)(H,33,39)/t16-,20?/m1/s1. The Labute approximate surface area is 240 Å². The van der Waals surface area contributed by atoms with Gasteiger partial charge in [-0.25, -0.2) is 4.39 Å². The van der Waals surface area contributed by atoms with E-state index in [2.05, 4.69) is 15.7 Å². The summed E-state index contributed by atoms with van der Waals surface area (Å²) in [6.07, 6.45) is 3.06. The molecule has 2 aromatic carbocycles. The molecule has 1 fully saturated rings. The topological polar surface area (TPSA) is 160 Å². The number of aldehydes is 1. The summed E-state index contributed by atoms with van der Waals surface area (Å²) in [4.78, 5) is 51.2. The zero-order chi connectivity index (χ0) is 29.7. The molecule has 1 aliphatic rings. The Morgan fingerprint density at radius 3 is 2.71 bits per heavy atom. The molecular formula is C28H32ClFN6O5. The van der Waals surface area contributed by atoms with Crippen molar-refractivity contribution in [3.63, 3.8) is 0 Å². The largest absolute Gasteiger partial charge is 0.394 e. The highest BCUT2D eigenvalue weighted by atomic mass is 35.5. The van der Waals surface area contributed by atoms with Crippen LogP contribution in [0.5, 0.6) is 0 Å². The maximum atomic E-state index is 14.2. The fourth-order valence-corrected chi connectivity index (χ4v) is 4.86. The van der Waals surface area contributed by atoms with Gasteiger partial charge in [0, 0.05) is 36.1 Å². The van der Waals surface area contributed by atoms with Crippen LogP contribution in [-0.2, 0) is 27.5 Å². The van der Waals surface area contributed by atoms with Crippen LogP contribution in [0.3, 0.4) is 0 Å². The number of primary amides is 1. The van der Waals surface area contributed by atoms with Crippen molar-refractivity contribution in [1.82, 2.24) is 20.0 Å². The molecule has 1 heterocycles. The first-order chi connectivity index (χ1) is 19.6. The Morgan fingerprint density at radius 2 is 2.05 bits per heavy atom. The van der Waals surface area contributed by atoms with Crippen LogP contribution in [0, 0.1) is 11.7 Å². The normalized spacial score (nSPS) is 14.4. The Bertz CT molecular complexity index is 1460. The number of aliphatic hydroxyl groups excluding tert-OH is 1. The highest BCUT2D eigenvalue weighted by Crippen LogP contribution is 2.33. The number of carbonyl (C=O) groups is 4. The highest BCUT2D eigenvalue weighted by Gasteiger charge is 2.29. The molecule has 0 aliphatic heterocycles. The molecule has 1 saturated carbocycles. The minimum absolute atomic E-state index is 0.0260. The van der Waals surface area contributed by atoms with Crippen LogP contribution in [0.4, 0.5) is 10.1 Å². The monoisotopic (exact) mass is 586 g/mol. The van der Waals surface area contributed by atoms with Gasteiger partial charge in [-0.15, -0.1) is 0 Å². The van der Waals surface area contributed by atoms with Gasteiger partial charge in [-0.05, 0) is 49.9 Å². The summed E-state index contributed by atoms with van der Waals surface area (Å²) < 4.78 is 15.5. The molecule has 41 heavy (non-hydrogen) atoms. The molecule has 0 saturated heterocycles. The van der Waals surface area contributed by atoms with Crippen LogP contribution in [0.25, 0.3) is 10.9 Å². The van der Waals surface area contributed by atoms with E-state index in [1.807, 2.05) is 0 Å². The van der Waals surface area contributed by atoms with Crippen LogP contribution >= 0.6 is 11.6 Å². The molecule has 5 N–H and O–H groups in total. The lowest BCUT2D eigenvalue weighted by Crippen LogP contribution is -2.53. The van der Waals surface area contributed by atoms with E-state index in [0.717, 1.165) is 12.8 Å².